The highest BCUT2D eigenvalue weighted by Crippen LogP contribution is 2.22. The standard InChI is InChI=1S/C13H19NO/c1-4-14(5-2)11(3)13-9-7-6-8-12(13)10-15/h6-11H,4-5H2,1-3H3. The van der Waals surface area contributed by atoms with Gasteiger partial charge in [-0.1, -0.05) is 38.1 Å². The third-order valence-corrected chi connectivity index (χ3v) is 2.93. The number of aldehydes is 1. The molecule has 0 saturated carbocycles. The summed E-state index contributed by atoms with van der Waals surface area (Å²) in [5.74, 6) is 0. The molecule has 1 aromatic carbocycles. The Morgan fingerprint density at radius 1 is 1.27 bits per heavy atom. The third-order valence-electron chi connectivity index (χ3n) is 2.93. The lowest BCUT2D eigenvalue weighted by Crippen LogP contribution is -2.27. The summed E-state index contributed by atoms with van der Waals surface area (Å²) in [5, 5.41) is 0. The van der Waals surface area contributed by atoms with Crippen molar-refractivity contribution < 1.29 is 4.79 Å². The zero-order valence-corrected chi connectivity index (χ0v) is 9.73. The van der Waals surface area contributed by atoms with Crippen LogP contribution in [0.2, 0.25) is 0 Å². The molecule has 0 amide bonds. The summed E-state index contributed by atoms with van der Waals surface area (Å²) in [4.78, 5) is 13.2. The van der Waals surface area contributed by atoms with Crippen molar-refractivity contribution in [3.05, 3.63) is 35.4 Å². The van der Waals surface area contributed by atoms with E-state index < -0.39 is 0 Å². The lowest BCUT2D eigenvalue weighted by atomic mass is 10.0. The van der Waals surface area contributed by atoms with Gasteiger partial charge in [0.05, 0.1) is 0 Å². The van der Waals surface area contributed by atoms with Crippen LogP contribution in [0, 0.1) is 0 Å². The highest BCUT2D eigenvalue weighted by atomic mass is 16.1. The lowest BCUT2D eigenvalue weighted by molar-refractivity contribution is 0.112. The minimum atomic E-state index is 0.307. The van der Waals surface area contributed by atoms with E-state index in [2.05, 4.69) is 25.7 Å². The van der Waals surface area contributed by atoms with Gasteiger partial charge >= 0.3 is 0 Å². The Hall–Kier alpha value is -1.15. The molecule has 0 radical (unpaired) electrons. The third kappa shape index (κ3) is 2.66. The van der Waals surface area contributed by atoms with Gasteiger partial charge in [-0.25, -0.2) is 0 Å². The second kappa shape index (κ2) is 5.66. The van der Waals surface area contributed by atoms with Crippen molar-refractivity contribution in [2.45, 2.75) is 26.8 Å². The first-order valence-electron chi connectivity index (χ1n) is 5.52. The normalized spacial score (nSPS) is 12.8. The van der Waals surface area contributed by atoms with Gasteiger partial charge in [-0.2, -0.15) is 0 Å². The highest BCUT2D eigenvalue weighted by Gasteiger charge is 2.14. The lowest BCUT2D eigenvalue weighted by Gasteiger charge is -2.27. The van der Waals surface area contributed by atoms with Crippen LogP contribution in [-0.2, 0) is 0 Å². The molecule has 1 unspecified atom stereocenters. The molecule has 1 rings (SSSR count). The molecule has 2 nitrogen and oxygen atoms in total. The van der Waals surface area contributed by atoms with Crippen LogP contribution in [0.15, 0.2) is 24.3 Å². The maximum absolute atomic E-state index is 10.9. The molecule has 82 valence electrons. The van der Waals surface area contributed by atoms with Crippen molar-refractivity contribution in [1.29, 1.82) is 0 Å². The van der Waals surface area contributed by atoms with E-state index in [0.29, 0.717) is 6.04 Å². The number of nitrogens with zero attached hydrogens (tertiary/aromatic N) is 1. The maximum atomic E-state index is 10.9. The van der Waals surface area contributed by atoms with Crippen molar-refractivity contribution in [1.82, 2.24) is 4.90 Å². The van der Waals surface area contributed by atoms with Gasteiger partial charge in [0, 0.05) is 11.6 Å². The summed E-state index contributed by atoms with van der Waals surface area (Å²) >= 11 is 0. The molecule has 1 atom stereocenters. The topological polar surface area (TPSA) is 20.3 Å². The first kappa shape index (κ1) is 11.9. The van der Waals surface area contributed by atoms with Gasteiger partial charge in [0.1, 0.15) is 6.29 Å². The second-order valence-corrected chi connectivity index (χ2v) is 3.64. The van der Waals surface area contributed by atoms with Crippen LogP contribution in [0.25, 0.3) is 0 Å². The quantitative estimate of drug-likeness (QED) is 0.689. The molecule has 2 heteroatoms. The van der Waals surface area contributed by atoms with Crippen molar-refractivity contribution in [3.8, 4) is 0 Å². The molecule has 0 spiro atoms. The van der Waals surface area contributed by atoms with E-state index in [1.54, 1.807) is 0 Å². The average molecular weight is 205 g/mol. The Bertz CT molecular complexity index is 318. The maximum Gasteiger partial charge on any atom is 0.150 e. The fourth-order valence-corrected chi connectivity index (χ4v) is 1.97. The van der Waals surface area contributed by atoms with Crippen LogP contribution in [0.1, 0.15) is 42.7 Å². The van der Waals surface area contributed by atoms with Gasteiger partial charge < -0.3 is 0 Å². The van der Waals surface area contributed by atoms with E-state index in [-0.39, 0.29) is 0 Å². The summed E-state index contributed by atoms with van der Waals surface area (Å²) in [5.41, 5.74) is 1.92. The molecule has 0 aliphatic heterocycles. The summed E-state index contributed by atoms with van der Waals surface area (Å²) in [6.07, 6.45) is 0.940. The van der Waals surface area contributed by atoms with Crippen LogP contribution < -0.4 is 0 Å². The summed E-state index contributed by atoms with van der Waals surface area (Å²) < 4.78 is 0. The summed E-state index contributed by atoms with van der Waals surface area (Å²) in [7, 11) is 0. The molecule has 0 fully saturated rings. The summed E-state index contributed by atoms with van der Waals surface area (Å²) in [6.45, 7) is 8.44. The van der Waals surface area contributed by atoms with Crippen molar-refractivity contribution in [3.63, 3.8) is 0 Å². The molecule has 1 aromatic rings. The van der Waals surface area contributed by atoms with Gasteiger partial charge in [0.2, 0.25) is 0 Å². The predicted molar refractivity (Wildman–Crippen MR) is 63.2 cm³/mol. The van der Waals surface area contributed by atoms with E-state index in [9.17, 15) is 4.79 Å². The Morgan fingerprint density at radius 2 is 1.87 bits per heavy atom. The minimum absolute atomic E-state index is 0.307. The first-order chi connectivity index (χ1) is 7.24. The Kier molecular flexibility index (Phi) is 4.50. The summed E-state index contributed by atoms with van der Waals surface area (Å²) in [6, 6.07) is 8.11. The molecule has 0 heterocycles. The average Bonchev–Trinajstić information content (AvgIpc) is 2.30. The smallest absolute Gasteiger partial charge is 0.150 e. The number of carbonyl (C=O) groups is 1. The van der Waals surface area contributed by atoms with Crippen LogP contribution in [0.4, 0.5) is 0 Å². The molecule has 0 bridgehead atoms. The monoisotopic (exact) mass is 205 g/mol. The van der Waals surface area contributed by atoms with Gasteiger partial charge in [0.25, 0.3) is 0 Å². The Labute approximate surface area is 91.9 Å². The van der Waals surface area contributed by atoms with Crippen LogP contribution in [0.3, 0.4) is 0 Å². The second-order valence-electron chi connectivity index (χ2n) is 3.64. The largest absolute Gasteiger partial charge is 0.298 e. The number of benzene rings is 1. The molecule has 15 heavy (non-hydrogen) atoms. The molecule has 0 aliphatic rings. The molecule has 0 N–H and O–H groups in total. The van der Waals surface area contributed by atoms with Crippen molar-refractivity contribution in [2.75, 3.05) is 13.1 Å². The van der Waals surface area contributed by atoms with Crippen LogP contribution in [0.5, 0.6) is 0 Å². The molecule has 0 saturated heterocycles. The van der Waals surface area contributed by atoms with Gasteiger partial charge in [-0.05, 0) is 25.6 Å². The van der Waals surface area contributed by atoms with Crippen molar-refractivity contribution in [2.24, 2.45) is 0 Å². The van der Waals surface area contributed by atoms with Crippen LogP contribution >= 0.6 is 0 Å². The zero-order valence-electron chi connectivity index (χ0n) is 9.73. The molecule has 0 aliphatic carbocycles. The number of rotatable bonds is 5. The number of carbonyl (C=O) groups excluding carboxylic acids is 1. The Balaban J connectivity index is 2.98. The Morgan fingerprint density at radius 3 is 2.40 bits per heavy atom. The van der Waals surface area contributed by atoms with Crippen molar-refractivity contribution >= 4 is 6.29 Å². The van der Waals surface area contributed by atoms with Gasteiger partial charge in [0.15, 0.2) is 0 Å². The molecule has 0 aromatic heterocycles. The fourth-order valence-electron chi connectivity index (χ4n) is 1.97. The van der Waals surface area contributed by atoms with E-state index in [1.165, 1.54) is 0 Å². The van der Waals surface area contributed by atoms with Gasteiger partial charge in [-0.15, -0.1) is 0 Å². The van der Waals surface area contributed by atoms with E-state index in [0.717, 1.165) is 30.5 Å². The highest BCUT2D eigenvalue weighted by molar-refractivity contribution is 5.77. The molecular weight excluding hydrogens is 186 g/mol. The van der Waals surface area contributed by atoms with Gasteiger partial charge in [-0.3, -0.25) is 9.69 Å². The SMILES string of the molecule is CCN(CC)C(C)c1ccccc1C=O. The zero-order chi connectivity index (χ0) is 11.3. The number of hydrogen-bond donors (Lipinski definition) is 0. The van der Waals surface area contributed by atoms with E-state index in [4.69, 9.17) is 0 Å². The number of hydrogen-bond acceptors (Lipinski definition) is 2. The van der Waals surface area contributed by atoms with Crippen LogP contribution in [-0.4, -0.2) is 24.3 Å². The molecular formula is C13H19NO. The minimum Gasteiger partial charge on any atom is -0.298 e. The van der Waals surface area contributed by atoms with E-state index in [1.807, 2.05) is 24.3 Å². The first-order valence-corrected chi connectivity index (χ1v) is 5.52. The van der Waals surface area contributed by atoms with E-state index >= 15 is 0 Å². The fraction of sp³-hybridized carbons (Fsp3) is 0.462. The predicted octanol–water partition coefficient (Wildman–Crippen LogP) is 2.90.